The van der Waals surface area contributed by atoms with Crippen molar-refractivity contribution < 1.29 is 4.79 Å². The molecule has 0 atom stereocenters. The summed E-state index contributed by atoms with van der Waals surface area (Å²) in [5.74, 6) is 0. The minimum atomic E-state index is 0.742. The highest BCUT2D eigenvalue weighted by molar-refractivity contribution is 14.1. The topological polar surface area (TPSA) is 17.1 Å². The molecule has 1 nitrogen and oxygen atoms in total. The van der Waals surface area contributed by atoms with Crippen LogP contribution in [0.4, 0.5) is 0 Å². The molecule has 0 bridgehead atoms. The van der Waals surface area contributed by atoms with E-state index in [9.17, 15) is 4.79 Å². The molecule has 2 aromatic carbocycles. The van der Waals surface area contributed by atoms with Crippen LogP contribution >= 0.6 is 67.8 Å². The second-order valence-corrected chi connectivity index (χ2v) is 6.48. The van der Waals surface area contributed by atoms with Crippen molar-refractivity contribution in [3.8, 4) is 0 Å². The van der Waals surface area contributed by atoms with Crippen LogP contribution in [0.2, 0.25) is 0 Å². The van der Waals surface area contributed by atoms with Crippen molar-refractivity contribution in [2.24, 2.45) is 0 Å². The Morgan fingerprint density at radius 1 is 0.933 bits per heavy atom. The number of benzene rings is 2. The smallest absolute Gasteiger partial charge is 0.150 e. The van der Waals surface area contributed by atoms with Gasteiger partial charge in [-0.2, -0.15) is 0 Å². The number of fused-ring (bicyclic) bond motifs is 1. The molecule has 0 saturated carbocycles. The number of hydrogen-bond acceptors (Lipinski definition) is 1. The van der Waals surface area contributed by atoms with Gasteiger partial charge in [-0.25, -0.2) is 0 Å². The summed E-state index contributed by atoms with van der Waals surface area (Å²) in [4.78, 5) is 10.8. The van der Waals surface area contributed by atoms with E-state index in [1.165, 1.54) is 12.5 Å². The Bertz CT molecular complexity index is 549. The third-order valence-corrected chi connectivity index (χ3v) is 6.12. The molecule has 0 unspecified atom stereocenters. The van der Waals surface area contributed by atoms with Crippen molar-refractivity contribution >= 4 is 84.8 Å². The molecule has 2 aromatic rings. The highest BCUT2D eigenvalue weighted by Gasteiger charge is 2.07. The summed E-state index contributed by atoms with van der Waals surface area (Å²) in [7, 11) is 0. The van der Waals surface area contributed by atoms with E-state index in [1.807, 2.05) is 12.1 Å². The number of aldehydes is 1. The standard InChI is InChI=1S/C11H5I3O/c12-9-2-1-7-8(11(9)14)3-6(5-15)4-10(7)13/h1-5H. The number of rotatable bonds is 1. The van der Waals surface area contributed by atoms with Gasteiger partial charge in [-0.1, -0.05) is 6.07 Å². The SMILES string of the molecule is O=Cc1cc(I)c2ccc(I)c(I)c2c1. The summed E-state index contributed by atoms with van der Waals surface area (Å²) in [6, 6.07) is 8.08. The van der Waals surface area contributed by atoms with Gasteiger partial charge in [0.15, 0.2) is 0 Å². The molecule has 4 heteroatoms. The molecule has 15 heavy (non-hydrogen) atoms. The van der Waals surface area contributed by atoms with Gasteiger partial charge < -0.3 is 0 Å². The molecule has 0 saturated heterocycles. The van der Waals surface area contributed by atoms with Gasteiger partial charge in [0.1, 0.15) is 6.29 Å². The normalized spacial score (nSPS) is 10.6. The van der Waals surface area contributed by atoms with E-state index in [0.29, 0.717) is 0 Å². The lowest BCUT2D eigenvalue weighted by Crippen LogP contribution is -1.89. The molecule has 0 spiro atoms. The first kappa shape index (κ1) is 12.0. The fourth-order valence-electron chi connectivity index (χ4n) is 1.42. The summed E-state index contributed by atoms with van der Waals surface area (Å²) in [5.41, 5.74) is 0.742. The van der Waals surface area contributed by atoms with Gasteiger partial charge in [0.05, 0.1) is 0 Å². The number of hydrogen-bond donors (Lipinski definition) is 0. The highest BCUT2D eigenvalue weighted by Crippen LogP contribution is 2.29. The van der Waals surface area contributed by atoms with E-state index >= 15 is 0 Å². The molecule has 2 rings (SSSR count). The molecule has 0 aliphatic rings. The minimum Gasteiger partial charge on any atom is -0.298 e. The lowest BCUT2D eigenvalue weighted by atomic mass is 10.1. The lowest BCUT2D eigenvalue weighted by Gasteiger charge is -2.06. The number of halogens is 3. The van der Waals surface area contributed by atoms with Gasteiger partial charge in [0, 0.05) is 16.3 Å². The fraction of sp³-hybridized carbons (Fsp3) is 0. The average molecular weight is 534 g/mol. The zero-order chi connectivity index (χ0) is 11.0. The highest BCUT2D eigenvalue weighted by atomic mass is 127. The average Bonchev–Trinajstić information content (AvgIpc) is 2.23. The maximum absolute atomic E-state index is 10.8. The van der Waals surface area contributed by atoms with Gasteiger partial charge in [0.2, 0.25) is 0 Å². The van der Waals surface area contributed by atoms with Crippen molar-refractivity contribution in [3.05, 3.63) is 40.5 Å². The van der Waals surface area contributed by atoms with Crippen LogP contribution in [0.25, 0.3) is 10.8 Å². The zero-order valence-corrected chi connectivity index (χ0v) is 13.9. The van der Waals surface area contributed by atoms with Crippen LogP contribution < -0.4 is 0 Å². The molecular weight excluding hydrogens is 529 g/mol. The van der Waals surface area contributed by atoms with Gasteiger partial charge in [-0.3, -0.25) is 4.79 Å². The summed E-state index contributed by atoms with van der Waals surface area (Å²) in [5, 5.41) is 2.38. The second kappa shape index (κ2) is 4.82. The van der Waals surface area contributed by atoms with Crippen LogP contribution in [-0.4, -0.2) is 6.29 Å². The number of carbonyl (C=O) groups excluding carboxylic acids is 1. The molecule has 76 valence electrons. The maximum Gasteiger partial charge on any atom is 0.150 e. The van der Waals surface area contributed by atoms with Crippen LogP contribution in [-0.2, 0) is 0 Å². The van der Waals surface area contributed by atoms with E-state index in [-0.39, 0.29) is 0 Å². The molecule has 0 N–H and O–H groups in total. The minimum absolute atomic E-state index is 0.742. The van der Waals surface area contributed by atoms with Gasteiger partial charge in [0.25, 0.3) is 0 Å². The first-order valence-corrected chi connectivity index (χ1v) is 7.39. The summed E-state index contributed by atoms with van der Waals surface area (Å²) in [6.45, 7) is 0. The molecule has 0 aliphatic carbocycles. The molecule has 0 amide bonds. The predicted molar refractivity (Wildman–Crippen MR) is 87.5 cm³/mol. The van der Waals surface area contributed by atoms with Gasteiger partial charge in [-0.05, 0) is 96.7 Å². The van der Waals surface area contributed by atoms with Crippen molar-refractivity contribution in [2.75, 3.05) is 0 Å². The second-order valence-electron chi connectivity index (χ2n) is 3.08. The Balaban J connectivity index is 2.92. The maximum atomic E-state index is 10.8. The van der Waals surface area contributed by atoms with Crippen molar-refractivity contribution in [1.29, 1.82) is 0 Å². The van der Waals surface area contributed by atoms with Gasteiger partial charge >= 0.3 is 0 Å². The Kier molecular flexibility index (Phi) is 3.87. The van der Waals surface area contributed by atoms with Gasteiger partial charge in [-0.15, -0.1) is 0 Å². The van der Waals surface area contributed by atoms with Crippen LogP contribution in [0.3, 0.4) is 0 Å². The largest absolute Gasteiger partial charge is 0.298 e. The first-order valence-electron chi connectivity index (χ1n) is 4.16. The zero-order valence-electron chi connectivity index (χ0n) is 7.43. The van der Waals surface area contributed by atoms with E-state index in [2.05, 4.69) is 79.9 Å². The van der Waals surface area contributed by atoms with E-state index < -0.39 is 0 Å². The van der Waals surface area contributed by atoms with E-state index in [1.54, 1.807) is 0 Å². The summed E-state index contributed by atoms with van der Waals surface area (Å²) < 4.78 is 3.56. The molecule has 0 aliphatic heterocycles. The third kappa shape index (κ3) is 2.31. The Hall–Kier alpha value is 0.560. The van der Waals surface area contributed by atoms with E-state index in [4.69, 9.17) is 0 Å². The molecule has 0 radical (unpaired) electrons. The predicted octanol–water partition coefficient (Wildman–Crippen LogP) is 4.47. The monoisotopic (exact) mass is 534 g/mol. The van der Waals surface area contributed by atoms with Crippen LogP contribution in [0.1, 0.15) is 10.4 Å². The van der Waals surface area contributed by atoms with Crippen molar-refractivity contribution in [2.45, 2.75) is 0 Å². The Labute approximate surface area is 128 Å². The van der Waals surface area contributed by atoms with E-state index in [0.717, 1.165) is 20.8 Å². The van der Waals surface area contributed by atoms with Crippen LogP contribution in [0.15, 0.2) is 24.3 Å². The Morgan fingerprint density at radius 2 is 1.67 bits per heavy atom. The van der Waals surface area contributed by atoms with Crippen LogP contribution in [0.5, 0.6) is 0 Å². The van der Waals surface area contributed by atoms with Crippen molar-refractivity contribution in [1.82, 2.24) is 0 Å². The lowest BCUT2D eigenvalue weighted by molar-refractivity contribution is 0.112. The van der Waals surface area contributed by atoms with Crippen LogP contribution in [0, 0.1) is 10.7 Å². The fourth-order valence-corrected chi connectivity index (χ4v) is 3.34. The molecule has 0 heterocycles. The summed E-state index contributed by atoms with van der Waals surface area (Å²) >= 11 is 6.91. The summed E-state index contributed by atoms with van der Waals surface area (Å²) in [6.07, 6.45) is 0.900. The molecule has 0 aromatic heterocycles. The molecule has 0 fully saturated rings. The third-order valence-electron chi connectivity index (χ3n) is 2.13. The van der Waals surface area contributed by atoms with Crippen molar-refractivity contribution in [3.63, 3.8) is 0 Å². The first-order chi connectivity index (χ1) is 7.13. The number of carbonyl (C=O) groups is 1. The Morgan fingerprint density at radius 3 is 2.33 bits per heavy atom. The quantitative estimate of drug-likeness (QED) is 0.391. The molecular formula is C11H5I3O.